The smallest absolute Gasteiger partial charge is 0.153 e. The molecule has 24 heavy (non-hydrogen) atoms. The van der Waals surface area contributed by atoms with Crippen LogP contribution in [0.5, 0.6) is 0 Å². The van der Waals surface area contributed by atoms with Crippen molar-refractivity contribution in [2.24, 2.45) is 0 Å². The lowest BCUT2D eigenvalue weighted by atomic mass is 9.98. The predicted octanol–water partition coefficient (Wildman–Crippen LogP) is 3.09. The Bertz CT molecular complexity index is 1080. The summed E-state index contributed by atoms with van der Waals surface area (Å²) < 4.78 is 16.7. The molecular formula is C17H17FN6. The van der Waals surface area contributed by atoms with E-state index in [4.69, 9.17) is 0 Å². The largest absolute Gasteiger partial charge is 0.374 e. The summed E-state index contributed by atoms with van der Waals surface area (Å²) in [6, 6.07) is 3.75. The van der Waals surface area contributed by atoms with Gasteiger partial charge in [-0.25, -0.2) is 13.9 Å². The van der Waals surface area contributed by atoms with Crippen LogP contribution in [0.2, 0.25) is 0 Å². The maximum atomic E-state index is 15.0. The topological polar surface area (TPSA) is 62.1 Å². The lowest BCUT2D eigenvalue weighted by Crippen LogP contribution is -2.13. The first kappa shape index (κ1) is 14.6. The van der Waals surface area contributed by atoms with Crippen molar-refractivity contribution in [2.45, 2.75) is 13.8 Å². The number of rotatable bonds is 2. The number of aryl methyl sites for hydroxylation is 1. The number of fused-ring (bicyclic) bond motifs is 2. The van der Waals surface area contributed by atoms with Gasteiger partial charge in [0.1, 0.15) is 0 Å². The lowest BCUT2D eigenvalue weighted by molar-refractivity contribution is 0.619. The van der Waals surface area contributed by atoms with Crippen LogP contribution in [0.25, 0.3) is 27.8 Å². The molecule has 0 atom stereocenters. The van der Waals surface area contributed by atoms with Crippen LogP contribution in [0.1, 0.15) is 11.3 Å². The third-order valence-corrected chi connectivity index (χ3v) is 4.20. The Labute approximate surface area is 137 Å². The average molecular weight is 324 g/mol. The molecule has 7 heteroatoms. The van der Waals surface area contributed by atoms with Crippen LogP contribution in [0.4, 0.5) is 10.1 Å². The van der Waals surface area contributed by atoms with Crippen molar-refractivity contribution in [1.82, 2.24) is 24.8 Å². The number of aromatic nitrogens is 5. The average Bonchev–Trinajstić information content (AvgIpc) is 3.12. The van der Waals surface area contributed by atoms with Crippen molar-refractivity contribution in [2.75, 3.05) is 19.0 Å². The minimum atomic E-state index is -0.268. The fourth-order valence-corrected chi connectivity index (χ4v) is 3.14. The third-order valence-electron chi connectivity index (χ3n) is 4.20. The van der Waals surface area contributed by atoms with E-state index in [0.29, 0.717) is 22.5 Å². The minimum Gasteiger partial charge on any atom is -0.374 e. The van der Waals surface area contributed by atoms with Crippen molar-refractivity contribution in [3.05, 3.63) is 41.6 Å². The number of halogens is 1. The van der Waals surface area contributed by atoms with Gasteiger partial charge in [-0.3, -0.25) is 5.10 Å². The maximum absolute atomic E-state index is 15.0. The standard InChI is InChI=1S/C17H17FN6/c1-9-8-24-13(20-9)6-5-12(22-24)14-10(2)15(18)17(23(3)4)16-11(14)7-19-21-16/h5-8H,1-4H3,(H,19,21). The highest BCUT2D eigenvalue weighted by atomic mass is 19.1. The van der Waals surface area contributed by atoms with Crippen LogP contribution < -0.4 is 4.90 Å². The Morgan fingerprint density at radius 1 is 1.21 bits per heavy atom. The molecule has 0 spiro atoms. The molecule has 0 saturated heterocycles. The van der Waals surface area contributed by atoms with E-state index < -0.39 is 0 Å². The van der Waals surface area contributed by atoms with Crippen molar-refractivity contribution in [3.8, 4) is 11.3 Å². The minimum absolute atomic E-state index is 0.268. The maximum Gasteiger partial charge on any atom is 0.153 e. The Morgan fingerprint density at radius 2 is 2.00 bits per heavy atom. The number of hydrogen-bond acceptors (Lipinski definition) is 4. The number of imidazole rings is 1. The van der Waals surface area contributed by atoms with Crippen LogP contribution >= 0.6 is 0 Å². The highest BCUT2D eigenvalue weighted by Gasteiger charge is 2.21. The van der Waals surface area contributed by atoms with Gasteiger partial charge in [0.2, 0.25) is 0 Å². The molecule has 1 aromatic carbocycles. The molecule has 1 N–H and O–H groups in total. The van der Waals surface area contributed by atoms with Crippen LogP contribution in [0.3, 0.4) is 0 Å². The molecule has 3 heterocycles. The van der Waals surface area contributed by atoms with E-state index in [1.807, 2.05) is 39.3 Å². The van der Waals surface area contributed by atoms with E-state index in [1.165, 1.54) is 0 Å². The number of benzene rings is 1. The van der Waals surface area contributed by atoms with Crippen LogP contribution in [0.15, 0.2) is 24.5 Å². The summed E-state index contributed by atoms with van der Waals surface area (Å²) in [5, 5.41) is 12.5. The quantitative estimate of drug-likeness (QED) is 0.615. The van der Waals surface area contributed by atoms with Crippen LogP contribution in [-0.2, 0) is 0 Å². The first-order valence-electron chi connectivity index (χ1n) is 7.63. The van der Waals surface area contributed by atoms with E-state index in [9.17, 15) is 4.39 Å². The Morgan fingerprint density at radius 3 is 2.75 bits per heavy atom. The summed E-state index contributed by atoms with van der Waals surface area (Å²) in [7, 11) is 3.63. The van der Waals surface area contributed by atoms with E-state index in [2.05, 4.69) is 20.3 Å². The number of aromatic amines is 1. The van der Waals surface area contributed by atoms with Gasteiger partial charge in [-0.15, -0.1) is 0 Å². The van der Waals surface area contributed by atoms with Crippen molar-refractivity contribution >= 4 is 22.2 Å². The summed E-state index contributed by atoms with van der Waals surface area (Å²) in [6.07, 6.45) is 3.57. The fourth-order valence-electron chi connectivity index (χ4n) is 3.14. The second-order valence-electron chi connectivity index (χ2n) is 6.12. The molecule has 3 aromatic heterocycles. The molecule has 0 amide bonds. The second-order valence-corrected chi connectivity index (χ2v) is 6.12. The number of nitrogens with zero attached hydrogens (tertiary/aromatic N) is 5. The Balaban J connectivity index is 2.07. The number of nitrogens with one attached hydrogen (secondary N) is 1. The lowest BCUT2D eigenvalue weighted by Gasteiger charge is -2.18. The van der Waals surface area contributed by atoms with Crippen LogP contribution in [-0.4, -0.2) is 38.9 Å². The molecule has 0 radical (unpaired) electrons. The second kappa shape index (κ2) is 5.02. The van der Waals surface area contributed by atoms with E-state index in [-0.39, 0.29) is 5.82 Å². The summed E-state index contributed by atoms with van der Waals surface area (Å²) in [5.74, 6) is -0.268. The molecule has 0 bridgehead atoms. The third kappa shape index (κ3) is 1.97. The predicted molar refractivity (Wildman–Crippen MR) is 91.8 cm³/mol. The zero-order valence-electron chi connectivity index (χ0n) is 13.9. The van der Waals surface area contributed by atoms with Gasteiger partial charge < -0.3 is 4.90 Å². The van der Waals surface area contributed by atoms with Gasteiger partial charge >= 0.3 is 0 Å². The van der Waals surface area contributed by atoms with E-state index in [1.54, 1.807) is 22.5 Å². The molecule has 0 saturated carbocycles. The fraction of sp³-hybridized carbons (Fsp3) is 0.235. The molecule has 6 nitrogen and oxygen atoms in total. The zero-order chi connectivity index (χ0) is 17.0. The van der Waals surface area contributed by atoms with Gasteiger partial charge in [-0.2, -0.15) is 10.2 Å². The van der Waals surface area contributed by atoms with Gasteiger partial charge in [0.05, 0.1) is 35.0 Å². The monoisotopic (exact) mass is 324 g/mol. The van der Waals surface area contributed by atoms with Gasteiger partial charge in [0, 0.05) is 25.0 Å². The highest BCUT2D eigenvalue weighted by molar-refractivity contribution is 6.02. The van der Waals surface area contributed by atoms with Gasteiger partial charge in [0.15, 0.2) is 11.5 Å². The number of H-pyrrole nitrogens is 1. The number of anilines is 1. The number of hydrogen-bond donors (Lipinski definition) is 1. The molecule has 122 valence electrons. The Hall–Kier alpha value is -2.96. The molecule has 0 fully saturated rings. The van der Waals surface area contributed by atoms with Crippen molar-refractivity contribution in [1.29, 1.82) is 0 Å². The molecule has 4 aromatic rings. The summed E-state index contributed by atoms with van der Waals surface area (Å²) in [4.78, 5) is 6.13. The summed E-state index contributed by atoms with van der Waals surface area (Å²) >= 11 is 0. The van der Waals surface area contributed by atoms with Gasteiger partial charge in [-0.05, 0) is 31.5 Å². The molecule has 0 aliphatic carbocycles. The Kier molecular flexibility index (Phi) is 3.06. The van der Waals surface area contributed by atoms with Gasteiger partial charge in [-0.1, -0.05) is 0 Å². The van der Waals surface area contributed by atoms with Crippen molar-refractivity contribution < 1.29 is 4.39 Å². The molecule has 0 aliphatic heterocycles. The van der Waals surface area contributed by atoms with E-state index in [0.717, 1.165) is 22.3 Å². The van der Waals surface area contributed by atoms with E-state index >= 15 is 0 Å². The zero-order valence-corrected chi connectivity index (χ0v) is 13.9. The first-order chi connectivity index (χ1) is 11.5. The summed E-state index contributed by atoms with van der Waals surface area (Å²) in [6.45, 7) is 3.69. The summed E-state index contributed by atoms with van der Waals surface area (Å²) in [5.41, 5.74) is 4.81. The molecule has 4 rings (SSSR count). The molecule has 0 aliphatic rings. The highest BCUT2D eigenvalue weighted by Crippen LogP contribution is 2.38. The normalized spacial score (nSPS) is 11.5. The van der Waals surface area contributed by atoms with Crippen LogP contribution in [0, 0.1) is 19.7 Å². The SMILES string of the molecule is Cc1cn2nc(-c3c(C)c(F)c(N(C)C)c4[nH]ncc34)ccc2n1. The van der Waals surface area contributed by atoms with Crippen molar-refractivity contribution in [3.63, 3.8) is 0 Å². The van der Waals surface area contributed by atoms with Gasteiger partial charge in [0.25, 0.3) is 0 Å². The molecular weight excluding hydrogens is 307 g/mol. The first-order valence-corrected chi connectivity index (χ1v) is 7.63. The molecule has 0 unspecified atom stereocenters.